The van der Waals surface area contributed by atoms with Crippen molar-refractivity contribution in [3.05, 3.63) is 65.2 Å². The first kappa shape index (κ1) is 26.2. The van der Waals surface area contributed by atoms with E-state index in [0.717, 1.165) is 35.6 Å². The first-order valence-electron chi connectivity index (χ1n) is 10.5. The molecule has 7 nitrogen and oxygen atoms in total. The van der Waals surface area contributed by atoms with Gasteiger partial charge in [0.2, 0.25) is 21.8 Å². The molecular formula is C23H29F2N3O4S. The molecule has 0 bridgehead atoms. The molecule has 0 heterocycles. The van der Waals surface area contributed by atoms with Gasteiger partial charge in [-0.15, -0.1) is 0 Å². The van der Waals surface area contributed by atoms with Crippen molar-refractivity contribution in [3.8, 4) is 0 Å². The molecule has 2 aromatic carbocycles. The Morgan fingerprint density at radius 1 is 1.06 bits per heavy atom. The predicted octanol–water partition coefficient (Wildman–Crippen LogP) is 2.98. The number of hydrogen-bond donors (Lipinski definition) is 1. The molecule has 0 spiro atoms. The van der Waals surface area contributed by atoms with Gasteiger partial charge in [0.25, 0.3) is 0 Å². The Morgan fingerprint density at radius 3 is 2.30 bits per heavy atom. The van der Waals surface area contributed by atoms with E-state index in [0.29, 0.717) is 17.3 Å². The van der Waals surface area contributed by atoms with Crippen LogP contribution in [-0.4, -0.2) is 50.5 Å². The molecule has 180 valence electrons. The summed E-state index contributed by atoms with van der Waals surface area (Å²) in [5.41, 5.74) is 1.54. The number of nitrogens with zero attached hydrogens (tertiary/aromatic N) is 2. The lowest BCUT2D eigenvalue weighted by Gasteiger charge is -2.32. The van der Waals surface area contributed by atoms with Gasteiger partial charge in [-0.25, -0.2) is 17.2 Å². The lowest BCUT2D eigenvalue weighted by atomic mass is 10.1. The molecule has 0 aromatic heterocycles. The molecule has 2 aromatic rings. The zero-order chi connectivity index (χ0) is 24.8. The van der Waals surface area contributed by atoms with Crippen molar-refractivity contribution in [1.29, 1.82) is 0 Å². The number of carbonyl (C=O) groups is 2. The largest absolute Gasteiger partial charge is 0.355 e. The van der Waals surface area contributed by atoms with Gasteiger partial charge in [-0.1, -0.05) is 36.8 Å². The van der Waals surface area contributed by atoms with E-state index in [4.69, 9.17) is 0 Å². The van der Waals surface area contributed by atoms with Gasteiger partial charge in [0.05, 0.1) is 11.9 Å². The third-order valence-corrected chi connectivity index (χ3v) is 6.18. The van der Waals surface area contributed by atoms with E-state index in [1.54, 1.807) is 19.9 Å². The van der Waals surface area contributed by atoms with Crippen LogP contribution in [0.3, 0.4) is 0 Å². The third kappa shape index (κ3) is 6.98. The van der Waals surface area contributed by atoms with Crippen molar-refractivity contribution in [2.75, 3.05) is 23.7 Å². The first-order chi connectivity index (χ1) is 15.5. The number of anilines is 1. The summed E-state index contributed by atoms with van der Waals surface area (Å²) in [5, 5.41) is 2.70. The van der Waals surface area contributed by atoms with Crippen LogP contribution in [0.25, 0.3) is 0 Å². The lowest BCUT2D eigenvalue weighted by molar-refractivity contribution is -0.140. The van der Waals surface area contributed by atoms with Crippen LogP contribution in [0.15, 0.2) is 42.5 Å². The number of likely N-dealkylation sites (N-methyl/N-ethyl adjacent to an activating group) is 1. The second kappa shape index (κ2) is 11.2. The fourth-order valence-electron chi connectivity index (χ4n) is 3.47. The molecule has 1 atom stereocenters. The molecule has 0 saturated heterocycles. The summed E-state index contributed by atoms with van der Waals surface area (Å²) in [6.07, 6.45) is 1.17. The number of hydrogen-bond acceptors (Lipinski definition) is 4. The predicted molar refractivity (Wildman–Crippen MR) is 123 cm³/mol. The number of benzene rings is 2. The first-order valence-corrected chi connectivity index (χ1v) is 12.4. The normalized spacial score (nSPS) is 12.2. The molecular weight excluding hydrogens is 452 g/mol. The molecule has 0 aliphatic heterocycles. The lowest BCUT2D eigenvalue weighted by Crippen LogP contribution is -2.52. The average molecular weight is 482 g/mol. The minimum Gasteiger partial charge on any atom is -0.355 e. The Hall–Kier alpha value is -3.01. The maximum atomic E-state index is 13.8. The number of sulfonamides is 1. The van der Waals surface area contributed by atoms with Crippen LogP contribution in [0.5, 0.6) is 0 Å². The quantitative estimate of drug-likeness (QED) is 0.565. The second-order valence-corrected chi connectivity index (χ2v) is 9.60. The molecule has 0 fully saturated rings. The van der Waals surface area contributed by atoms with Crippen LogP contribution in [0.2, 0.25) is 0 Å². The van der Waals surface area contributed by atoms with Crippen molar-refractivity contribution >= 4 is 27.5 Å². The summed E-state index contributed by atoms with van der Waals surface area (Å²) in [7, 11) is -4.02. The zero-order valence-electron chi connectivity index (χ0n) is 19.1. The number of carbonyl (C=O) groups excluding carboxylic acids is 2. The molecule has 0 aliphatic rings. The van der Waals surface area contributed by atoms with Crippen LogP contribution in [0.4, 0.5) is 14.5 Å². The molecule has 2 rings (SSSR count). The standard InChI is InChI=1S/C23H29F2N3O4S/c1-5-21(23(30)26-6-2)27(14-17-9-7-8-16(3)12-17)22(29)15-28(33(4,31)32)18-10-11-19(24)20(25)13-18/h7-13,21H,5-6,14-15H2,1-4H3,(H,26,30)/t21-/m1/s1. The smallest absolute Gasteiger partial charge is 0.244 e. The summed E-state index contributed by atoms with van der Waals surface area (Å²) in [6, 6.07) is 9.14. The summed E-state index contributed by atoms with van der Waals surface area (Å²) >= 11 is 0. The van der Waals surface area contributed by atoms with Gasteiger partial charge in [0, 0.05) is 19.2 Å². The van der Waals surface area contributed by atoms with Crippen molar-refractivity contribution in [2.45, 2.75) is 39.8 Å². The van der Waals surface area contributed by atoms with E-state index >= 15 is 0 Å². The van der Waals surface area contributed by atoms with E-state index in [-0.39, 0.29) is 18.1 Å². The van der Waals surface area contributed by atoms with Crippen molar-refractivity contribution < 1.29 is 26.8 Å². The second-order valence-electron chi connectivity index (χ2n) is 7.70. The van der Waals surface area contributed by atoms with Crippen LogP contribution >= 0.6 is 0 Å². The highest BCUT2D eigenvalue weighted by Crippen LogP contribution is 2.22. The maximum absolute atomic E-state index is 13.8. The van der Waals surface area contributed by atoms with E-state index in [9.17, 15) is 26.8 Å². The minimum absolute atomic E-state index is 0.0749. The minimum atomic E-state index is -4.02. The van der Waals surface area contributed by atoms with Gasteiger partial charge < -0.3 is 10.2 Å². The van der Waals surface area contributed by atoms with E-state index < -0.39 is 40.2 Å². The van der Waals surface area contributed by atoms with E-state index in [2.05, 4.69) is 5.32 Å². The molecule has 10 heteroatoms. The zero-order valence-corrected chi connectivity index (χ0v) is 20.0. The molecule has 2 amide bonds. The molecule has 1 N–H and O–H groups in total. The van der Waals surface area contributed by atoms with Crippen molar-refractivity contribution in [3.63, 3.8) is 0 Å². The van der Waals surface area contributed by atoms with Crippen LogP contribution in [-0.2, 0) is 26.2 Å². The molecule has 0 unspecified atom stereocenters. The summed E-state index contributed by atoms with van der Waals surface area (Å²) < 4.78 is 52.7. The SMILES string of the molecule is CCNC(=O)[C@@H](CC)N(Cc1cccc(C)c1)C(=O)CN(c1ccc(F)c(F)c1)S(C)(=O)=O. The molecule has 33 heavy (non-hydrogen) atoms. The highest BCUT2D eigenvalue weighted by Gasteiger charge is 2.31. The number of aryl methyl sites for hydroxylation is 1. The van der Waals surface area contributed by atoms with Gasteiger partial charge in [-0.3, -0.25) is 13.9 Å². The Bertz CT molecular complexity index is 1110. The summed E-state index contributed by atoms with van der Waals surface area (Å²) in [4.78, 5) is 27.4. The fraction of sp³-hybridized carbons (Fsp3) is 0.391. The maximum Gasteiger partial charge on any atom is 0.244 e. The number of nitrogens with one attached hydrogen (secondary N) is 1. The van der Waals surface area contributed by atoms with Gasteiger partial charge in [0.15, 0.2) is 11.6 Å². The third-order valence-electron chi connectivity index (χ3n) is 5.04. The Kier molecular flexibility index (Phi) is 8.92. The van der Waals surface area contributed by atoms with Gasteiger partial charge >= 0.3 is 0 Å². The van der Waals surface area contributed by atoms with Crippen LogP contribution in [0, 0.1) is 18.6 Å². The topological polar surface area (TPSA) is 86.8 Å². The highest BCUT2D eigenvalue weighted by molar-refractivity contribution is 7.92. The summed E-state index contributed by atoms with van der Waals surface area (Å²) in [6.45, 7) is 5.17. The van der Waals surface area contributed by atoms with E-state index in [1.807, 2.05) is 25.1 Å². The highest BCUT2D eigenvalue weighted by atomic mass is 32.2. The number of halogens is 2. The summed E-state index contributed by atoms with van der Waals surface area (Å²) in [5.74, 6) is -3.38. The Labute approximate surface area is 193 Å². The number of rotatable bonds is 10. The molecule has 0 saturated carbocycles. The molecule has 0 radical (unpaired) electrons. The number of amides is 2. The van der Waals surface area contributed by atoms with Gasteiger partial charge in [0.1, 0.15) is 12.6 Å². The van der Waals surface area contributed by atoms with E-state index in [1.165, 1.54) is 4.90 Å². The van der Waals surface area contributed by atoms with Crippen molar-refractivity contribution in [1.82, 2.24) is 10.2 Å². The van der Waals surface area contributed by atoms with Gasteiger partial charge in [-0.05, 0) is 38.0 Å². The Morgan fingerprint density at radius 2 is 1.76 bits per heavy atom. The monoisotopic (exact) mass is 481 g/mol. The average Bonchev–Trinajstić information content (AvgIpc) is 2.73. The molecule has 0 aliphatic carbocycles. The fourth-order valence-corrected chi connectivity index (χ4v) is 4.31. The van der Waals surface area contributed by atoms with Crippen LogP contribution in [0.1, 0.15) is 31.4 Å². The van der Waals surface area contributed by atoms with Gasteiger partial charge in [-0.2, -0.15) is 0 Å². The van der Waals surface area contributed by atoms with Crippen LogP contribution < -0.4 is 9.62 Å². The van der Waals surface area contributed by atoms with Crippen molar-refractivity contribution in [2.24, 2.45) is 0 Å². The Balaban J connectivity index is 2.45.